The van der Waals surface area contributed by atoms with E-state index in [1.165, 1.54) is 0 Å². The first-order valence-electron chi connectivity index (χ1n) is 8.39. The first-order chi connectivity index (χ1) is 11.1. The van der Waals surface area contributed by atoms with Crippen LogP contribution in [-0.4, -0.2) is 39.6 Å². The van der Waals surface area contributed by atoms with Crippen molar-refractivity contribution < 1.29 is 28.6 Å². The number of hydrogen-bond acceptors (Lipinski definition) is 6. The molecule has 0 spiro atoms. The summed E-state index contributed by atoms with van der Waals surface area (Å²) in [5.74, 6) is -1.57. The van der Waals surface area contributed by atoms with E-state index in [1.807, 2.05) is 6.92 Å². The van der Waals surface area contributed by atoms with E-state index in [2.05, 4.69) is 22.6 Å². The molecule has 2 saturated carbocycles. The summed E-state index contributed by atoms with van der Waals surface area (Å²) in [5.41, 5.74) is -1.87. The van der Waals surface area contributed by atoms with Gasteiger partial charge in [0.2, 0.25) is 0 Å². The Labute approximate surface area is 155 Å². The summed E-state index contributed by atoms with van der Waals surface area (Å²) in [4.78, 5) is 37.3. The smallest absolute Gasteiger partial charge is 0.324 e. The van der Waals surface area contributed by atoms with Gasteiger partial charge in [-0.15, -0.1) is 0 Å². The van der Waals surface area contributed by atoms with Gasteiger partial charge in [0, 0.05) is 11.8 Å². The van der Waals surface area contributed by atoms with Gasteiger partial charge in [-0.2, -0.15) is 0 Å². The van der Waals surface area contributed by atoms with Gasteiger partial charge in [0.1, 0.15) is 21.7 Å². The fourth-order valence-corrected chi connectivity index (χ4v) is 4.32. The second-order valence-corrected chi connectivity index (χ2v) is 9.43. The molecule has 0 aromatic heterocycles. The van der Waals surface area contributed by atoms with Crippen LogP contribution in [0.3, 0.4) is 0 Å². The van der Waals surface area contributed by atoms with Gasteiger partial charge in [0.15, 0.2) is 5.41 Å². The molecule has 1 heterocycles. The number of fused-ring (bicyclic) bond motifs is 1. The molecule has 3 aliphatic rings. The van der Waals surface area contributed by atoms with Crippen molar-refractivity contribution in [3.63, 3.8) is 0 Å². The van der Waals surface area contributed by atoms with Crippen LogP contribution in [0.1, 0.15) is 47.0 Å². The number of alkyl halides is 1. The number of ether oxygens (including phenoxy) is 3. The zero-order valence-corrected chi connectivity index (χ0v) is 16.5. The van der Waals surface area contributed by atoms with Gasteiger partial charge in [0.05, 0.1) is 0 Å². The fraction of sp³-hybridized carbons (Fsp3) is 0.824. The molecule has 0 N–H and O–H groups in total. The monoisotopic (exact) mass is 450 g/mol. The second kappa shape index (κ2) is 5.85. The predicted molar refractivity (Wildman–Crippen MR) is 92.4 cm³/mol. The lowest BCUT2D eigenvalue weighted by Gasteiger charge is -2.32. The standard InChI is InChI=1S/C17H23IO6/c1-5-10(18)13(19)22-11-8-6-9-12(11)23-14(20)17(9,7-8)15(21)24-16(2,3)4/h8-12H,5-7H2,1-4H3. The zero-order chi connectivity index (χ0) is 17.9. The average Bonchev–Trinajstić information content (AvgIpc) is 3.06. The van der Waals surface area contributed by atoms with Crippen LogP contribution >= 0.6 is 22.6 Å². The van der Waals surface area contributed by atoms with Crippen molar-refractivity contribution in [3.8, 4) is 0 Å². The molecule has 24 heavy (non-hydrogen) atoms. The van der Waals surface area contributed by atoms with Crippen LogP contribution in [0.25, 0.3) is 0 Å². The van der Waals surface area contributed by atoms with Crippen molar-refractivity contribution in [2.24, 2.45) is 17.3 Å². The SMILES string of the molecule is CCC(I)C(=O)OC1C2CC3C1OC(=O)C3(C(=O)OC(C)(C)C)C2. The Morgan fingerprint density at radius 1 is 1.42 bits per heavy atom. The van der Waals surface area contributed by atoms with Gasteiger partial charge in [-0.3, -0.25) is 14.4 Å². The molecule has 0 amide bonds. The van der Waals surface area contributed by atoms with Crippen LogP contribution < -0.4 is 0 Å². The van der Waals surface area contributed by atoms with Gasteiger partial charge >= 0.3 is 17.9 Å². The van der Waals surface area contributed by atoms with E-state index in [4.69, 9.17) is 14.2 Å². The Kier molecular flexibility index (Phi) is 4.37. The third-order valence-electron chi connectivity index (χ3n) is 5.20. The Hall–Kier alpha value is -0.860. The minimum Gasteiger partial charge on any atom is -0.459 e. The lowest BCUT2D eigenvalue weighted by molar-refractivity contribution is -0.174. The third-order valence-corrected chi connectivity index (χ3v) is 6.59. The highest BCUT2D eigenvalue weighted by Gasteiger charge is 2.75. The summed E-state index contributed by atoms with van der Waals surface area (Å²) in [7, 11) is 0. The van der Waals surface area contributed by atoms with Crippen LogP contribution in [0.15, 0.2) is 0 Å². The highest BCUT2D eigenvalue weighted by molar-refractivity contribution is 14.1. The Morgan fingerprint density at radius 3 is 2.67 bits per heavy atom. The molecule has 6 unspecified atom stereocenters. The van der Waals surface area contributed by atoms with Crippen molar-refractivity contribution in [2.45, 2.75) is 68.7 Å². The molecular formula is C17H23IO6. The van der Waals surface area contributed by atoms with Crippen LogP contribution in [0.5, 0.6) is 0 Å². The van der Waals surface area contributed by atoms with Gasteiger partial charge in [-0.1, -0.05) is 29.5 Å². The van der Waals surface area contributed by atoms with Gasteiger partial charge in [0.25, 0.3) is 0 Å². The van der Waals surface area contributed by atoms with Crippen LogP contribution in [-0.2, 0) is 28.6 Å². The second-order valence-electron chi connectivity index (χ2n) is 7.93. The molecule has 0 aromatic rings. The van der Waals surface area contributed by atoms with Gasteiger partial charge in [-0.25, -0.2) is 0 Å². The number of carbonyl (C=O) groups is 3. The molecule has 134 valence electrons. The zero-order valence-electron chi connectivity index (χ0n) is 14.3. The van der Waals surface area contributed by atoms with E-state index in [-0.39, 0.29) is 21.7 Å². The number of carbonyl (C=O) groups excluding carboxylic acids is 3. The maximum absolute atomic E-state index is 12.7. The number of rotatable bonds is 4. The molecule has 7 heteroatoms. The molecular weight excluding hydrogens is 427 g/mol. The Balaban J connectivity index is 1.78. The number of hydrogen-bond donors (Lipinski definition) is 0. The Morgan fingerprint density at radius 2 is 2.08 bits per heavy atom. The van der Waals surface area contributed by atoms with E-state index in [9.17, 15) is 14.4 Å². The minimum atomic E-state index is -1.21. The van der Waals surface area contributed by atoms with E-state index < -0.39 is 35.2 Å². The Bertz CT molecular complexity index is 582. The maximum atomic E-state index is 12.7. The summed E-state index contributed by atoms with van der Waals surface area (Å²) in [6, 6.07) is 0. The van der Waals surface area contributed by atoms with Crippen molar-refractivity contribution in [2.75, 3.05) is 0 Å². The minimum absolute atomic E-state index is 0.0247. The summed E-state index contributed by atoms with van der Waals surface area (Å²) in [6.45, 7) is 7.26. The van der Waals surface area contributed by atoms with E-state index >= 15 is 0 Å². The lowest BCUT2D eigenvalue weighted by Crippen LogP contribution is -2.47. The molecule has 0 aromatic carbocycles. The van der Waals surface area contributed by atoms with Crippen LogP contribution in [0.2, 0.25) is 0 Å². The van der Waals surface area contributed by atoms with Crippen LogP contribution in [0, 0.1) is 17.3 Å². The topological polar surface area (TPSA) is 78.9 Å². The van der Waals surface area contributed by atoms with Crippen molar-refractivity contribution >= 4 is 40.5 Å². The summed E-state index contributed by atoms with van der Waals surface area (Å²) in [5, 5.41) is 0. The van der Waals surface area contributed by atoms with Crippen molar-refractivity contribution in [3.05, 3.63) is 0 Å². The molecule has 6 atom stereocenters. The average molecular weight is 450 g/mol. The molecule has 1 saturated heterocycles. The first kappa shape index (κ1) is 17.9. The maximum Gasteiger partial charge on any atom is 0.324 e. The quantitative estimate of drug-likeness (QED) is 0.215. The summed E-state index contributed by atoms with van der Waals surface area (Å²) >= 11 is 2.05. The molecule has 3 fully saturated rings. The molecule has 2 bridgehead atoms. The summed E-state index contributed by atoms with van der Waals surface area (Å²) < 4.78 is 16.4. The number of halogens is 1. The molecule has 3 rings (SSSR count). The predicted octanol–water partition coefficient (Wildman–Crippen LogP) is 2.41. The third kappa shape index (κ3) is 2.63. The normalized spacial score (nSPS) is 38.0. The lowest BCUT2D eigenvalue weighted by atomic mass is 9.73. The summed E-state index contributed by atoms with van der Waals surface area (Å²) in [6.07, 6.45) is 0.734. The van der Waals surface area contributed by atoms with E-state index in [1.54, 1.807) is 20.8 Å². The largest absolute Gasteiger partial charge is 0.459 e. The molecule has 0 radical (unpaired) electrons. The molecule has 6 nitrogen and oxygen atoms in total. The van der Waals surface area contributed by atoms with E-state index in [0.29, 0.717) is 19.3 Å². The van der Waals surface area contributed by atoms with Crippen molar-refractivity contribution in [1.82, 2.24) is 0 Å². The first-order valence-corrected chi connectivity index (χ1v) is 9.64. The number of esters is 3. The highest BCUT2D eigenvalue weighted by atomic mass is 127. The van der Waals surface area contributed by atoms with Crippen LogP contribution in [0.4, 0.5) is 0 Å². The van der Waals surface area contributed by atoms with E-state index in [0.717, 1.165) is 0 Å². The highest BCUT2D eigenvalue weighted by Crippen LogP contribution is 2.63. The van der Waals surface area contributed by atoms with Gasteiger partial charge < -0.3 is 14.2 Å². The fourth-order valence-electron chi connectivity index (χ4n) is 4.18. The molecule has 1 aliphatic heterocycles. The molecule has 2 aliphatic carbocycles. The van der Waals surface area contributed by atoms with Gasteiger partial charge in [-0.05, 0) is 40.0 Å². The van der Waals surface area contributed by atoms with Crippen molar-refractivity contribution in [1.29, 1.82) is 0 Å².